The zero-order valence-corrected chi connectivity index (χ0v) is 8.21. The van der Waals surface area contributed by atoms with E-state index < -0.39 is 5.60 Å². The SMILES string of the molecule is CCNCCC(C)(O)c1ccoc1. The topological polar surface area (TPSA) is 45.4 Å². The Morgan fingerprint density at radius 3 is 2.92 bits per heavy atom. The third-order valence-electron chi connectivity index (χ3n) is 2.18. The summed E-state index contributed by atoms with van der Waals surface area (Å²) >= 11 is 0. The summed E-state index contributed by atoms with van der Waals surface area (Å²) in [5.41, 5.74) is 0.0558. The summed E-state index contributed by atoms with van der Waals surface area (Å²) in [6.45, 7) is 5.60. The Balaban J connectivity index is 2.46. The van der Waals surface area contributed by atoms with Crippen LogP contribution in [-0.2, 0) is 5.60 Å². The number of aliphatic hydroxyl groups is 1. The second-order valence-corrected chi connectivity index (χ2v) is 3.39. The molecule has 0 fully saturated rings. The van der Waals surface area contributed by atoms with E-state index in [-0.39, 0.29) is 0 Å². The molecule has 1 rings (SSSR count). The van der Waals surface area contributed by atoms with Gasteiger partial charge in [0.15, 0.2) is 0 Å². The zero-order chi connectivity index (χ0) is 9.73. The van der Waals surface area contributed by atoms with E-state index in [0.29, 0.717) is 6.42 Å². The van der Waals surface area contributed by atoms with Crippen LogP contribution in [0, 0.1) is 0 Å². The summed E-state index contributed by atoms with van der Waals surface area (Å²) in [6, 6.07) is 1.80. The molecule has 0 bridgehead atoms. The molecule has 1 aromatic rings. The number of furan rings is 1. The molecule has 1 aromatic heterocycles. The molecule has 0 saturated heterocycles. The van der Waals surface area contributed by atoms with Crippen LogP contribution in [0.25, 0.3) is 0 Å². The lowest BCUT2D eigenvalue weighted by Gasteiger charge is -2.21. The van der Waals surface area contributed by atoms with Crippen LogP contribution in [0.15, 0.2) is 23.0 Å². The monoisotopic (exact) mass is 183 g/mol. The Hall–Kier alpha value is -0.800. The normalized spacial score (nSPS) is 15.6. The van der Waals surface area contributed by atoms with E-state index in [0.717, 1.165) is 18.7 Å². The van der Waals surface area contributed by atoms with Crippen molar-refractivity contribution in [3.63, 3.8) is 0 Å². The van der Waals surface area contributed by atoms with Crippen LogP contribution in [0.3, 0.4) is 0 Å². The van der Waals surface area contributed by atoms with E-state index in [1.807, 2.05) is 6.92 Å². The lowest BCUT2D eigenvalue weighted by atomic mass is 9.95. The molecule has 0 radical (unpaired) electrons. The molecule has 0 aliphatic heterocycles. The van der Waals surface area contributed by atoms with Crippen molar-refractivity contribution in [3.8, 4) is 0 Å². The van der Waals surface area contributed by atoms with Gasteiger partial charge in [-0.2, -0.15) is 0 Å². The Kier molecular flexibility index (Phi) is 3.51. The third kappa shape index (κ3) is 2.86. The van der Waals surface area contributed by atoms with Crippen molar-refractivity contribution < 1.29 is 9.52 Å². The molecule has 0 spiro atoms. The lowest BCUT2D eigenvalue weighted by Crippen LogP contribution is -2.27. The molecule has 1 unspecified atom stereocenters. The van der Waals surface area contributed by atoms with Gasteiger partial charge >= 0.3 is 0 Å². The van der Waals surface area contributed by atoms with Crippen LogP contribution in [0.4, 0.5) is 0 Å². The van der Waals surface area contributed by atoms with Crippen molar-refractivity contribution in [1.82, 2.24) is 5.32 Å². The number of hydrogen-bond acceptors (Lipinski definition) is 3. The zero-order valence-electron chi connectivity index (χ0n) is 8.21. The Bertz CT molecular complexity index is 229. The summed E-state index contributed by atoms with van der Waals surface area (Å²) < 4.78 is 4.93. The second-order valence-electron chi connectivity index (χ2n) is 3.39. The minimum Gasteiger partial charge on any atom is -0.472 e. The van der Waals surface area contributed by atoms with Gasteiger partial charge in [-0.15, -0.1) is 0 Å². The molecule has 0 saturated carbocycles. The number of rotatable bonds is 5. The number of nitrogens with one attached hydrogen (secondary N) is 1. The first-order valence-corrected chi connectivity index (χ1v) is 4.62. The fraction of sp³-hybridized carbons (Fsp3) is 0.600. The fourth-order valence-corrected chi connectivity index (χ4v) is 1.22. The molecule has 74 valence electrons. The number of hydrogen-bond donors (Lipinski definition) is 2. The fourth-order valence-electron chi connectivity index (χ4n) is 1.22. The van der Waals surface area contributed by atoms with Crippen molar-refractivity contribution in [1.29, 1.82) is 0 Å². The van der Waals surface area contributed by atoms with E-state index in [1.54, 1.807) is 25.5 Å². The summed E-state index contributed by atoms with van der Waals surface area (Å²) in [5, 5.41) is 13.2. The van der Waals surface area contributed by atoms with Crippen molar-refractivity contribution >= 4 is 0 Å². The van der Waals surface area contributed by atoms with Gasteiger partial charge in [0.05, 0.1) is 18.1 Å². The van der Waals surface area contributed by atoms with E-state index >= 15 is 0 Å². The predicted octanol–water partition coefficient (Wildman–Crippen LogP) is 1.49. The first-order valence-electron chi connectivity index (χ1n) is 4.62. The van der Waals surface area contributed by atoms with Crippen LogP contribution in [0.2, 0.25) is 0 Å². The largest absolute Gasteiger partial charge is 0.472 e. The van der Waals surface area contributed by atoms with Gasteiger partial charge in [0.2, 0.25) is 0 Å². The summed E-state index contributed by atoms with van der Waals surface area (Å²) in [7, 11) is 0. The van der Waals surface area contributed by atoms with Crippen molar-refractivity contribution in [2.75, 3.05) is 13.1 Å². The highest BCUT2D eigenvalue weighted by Crippen LogP contribution is 2.23. The maximum absolute atomic E-state index is 10.0. The molecule has 0 aromatic carbocycles. The van der Waals surface area contributed by atoms with Gasteiger partial charge in [-0.25, -0.2) is 0 Å². The molecule has 1 atom stereocenters. The summed E-state index contributed by atoms with van der Waals surface area (Å²) in [5.74, 6) is 0. The lowest BCUT2D eigenvalue weighted by molar-refractivity contribution is 0.0476. The average molecular weight is 183 g/mol. The van der Waals surface area contributed by atoms with Gasteiger partial charge in [0.25, 0.3) is 0 Å². The molecule has 0 amide bonds. The molecule has 0 aliphatic rings. The van der Waals surface area contributed by atoms with Crippen molar-refractivity contribution in [3.05, 3.63) is 24.2 Å². The molecule has 13 heavy (non-hydrogen) atoms. The van der Waals surface area contributed by atoms with E-state index in [1.165, 1.54) is 0 Å². The molecule has 0 aliphatic carbocycles. The Labute approximate surface area is 78.8 Å². The van der Waals surface area contributed by atoms with Gasteiger partial charge in [-0.1, -0.05) is 6.92 Å². The molecular weight excluding hydrogens is 166 g/mol. The van der Waals surface area contributed by atoms with Crippen LogP contribution in [-0.4, -0.2) is 18.2 Å². The van der Waals surface area contributed by atoms with Crippen LogP contribution in [0.5, 0.6) is 0 Å². The first kappa shape index (κ1) is 10.3. The van der Waals surface area contributed by atoms with Gasteiger partial charge in [0, 0.05) is 5.56 Å². The maximum Gasteiger partial charge on any atom is 0.0963 e. The van der Waals surface area contributed by atoms with Gasteiger partial charge in [0.1, 0.15) is 0 Å². The quantitative estimate of drug-likeness (QED) is 0.680. The molecule has 1 heterocycles. The first-order chi connectivity index (χ1) is 6.17. The third-order valence-corrected chi connectivity index (χ3v) is 2.18. The van der Waals surface area contributed by atoms with E-state index in [4.69, 9.17) is 4.42 Å². The Morgan fingerprint density at radius 2 is 2.38 bits per heavy atom. The van der Waals surface area contributed by atoms with Gasteiger partial charge in [-0.05, 0) is 32.5 Å². The van der Waals surface area contributed by atoms with Crippen LogP contribution < -0.4 is 5.32 Å². The summed E-state index contributed by atoms with van der Waals surface area (Å²) in [4.78, 5) is 0. The molecular formula is C10H17NO2. The molecule has 3 nitrogen and oxygen atoms in total. The smallest absolute Gasteiger partial charge is 0.0963 e. The molecule has 3 heteroatoms. The van der Waals surface area contributed by atoms with E-state index in [2.05, 4.69) is 5.32 Å². The highest BCUT2D eigenvalue weighted by molar-refractivity contribution is 5.14. The highest BCUT2D eigenvalue weighted by atomic mass is 16.3. The predicted molar refractivity (Wildman–Crippen MR) is 51.4 cm³/mol. The standard InChI is InChI=1S/C10H17NO2/c1-3-11-6-5-10(2,12)9-4-7-13-8-9/h4,7-8,11-12H,3,5-6H2,1-2H3. The maximum atomic E-state index is 10.0. The minimum absolute atomic E-state index is 0.695. The Morgan fingerprint density at radius 1 is 1.62 bits per heavy atom. The average Bonchev–Trinajstić information content (AvgIpc) is 2.56. The van der Waals surface area contributed by atoms with Crippen molar-refractivity contribution in [2.45, 2.75) is 25.9 Å². The van der Waals surface area contributed by atoms with Gasteiger partial charge < -0.3 is 14.8 Å². The molecule has 2 N–H and O–H groups in total. The van der Waals surface area contributed by atoms with Crippen LogP contribution >= 0.6 is 0 Å². The second kappa shape index (κ2) is 4.44. The van der Waals surface area contributed by atoms with Gasteiger partial charge in [-0.3, -0.25) is 0 Å². The van der Waals surface area contributed by atoms with Crippen molar-refractivity contribution in [2.24, 2.45) is 0 Å². The van der Waals surface area contributed by atoms with Crippen LogP contribution in [0.1, 0.15) is 25.8 Å². The minimum atomic E-state index is -0.783. The summed E-state index contributed by atoms with van der Waals surface area (Å²) in [6.07, 6.45) is 3.86. The van der Waals surface area contributed by atoms with E-state index in [9.17, 15) is 5.11 Å². The highest BCUT2D eigenvalue weighted by Gasteiger charge is 2.23.